The first-order valence-corrected chi connectivity index (χ1v) is 10.0. The number of aliphatic hydroxyl groups is 1. The van der Waals surface area contributed by atoms with E-state index in [1.165, 1.54) is 12.1 Å². The van der Waals surface area contributed by atoms with Crippen LogP contribution in [0, 0.1) is 11.6 Å². The normalized spacial score (nSPS) is 22.0. The zero-order valence-electron chi connectivity index (χ0n) is 16.8. The van der Waals surface area contributed by atoms with Gasteiger partial charge >= 0.3 is 0 Å². The summed E-state index contributed by atoms with van der Waals surface area (Å²) in [5, 5.41) is 10.2. The summed E-state index contributed by atoms with van der Waals surface area (Å²) in [4.78, 5) is 0. The van der Waals surface area contributed by atoms with E-state index in [-0.39, 0.29) is 18.8 Å². The fourth-order valence-corrected chi connectivity index (χ4v) is 3.51. The molecule has 4 atom stereocenters. The number of benzene rings is 1. The van der Waals surface area contributed by atoms with Crippen LogP contribution in [0.5, 0.6) is 0 Å². The highest BCUT2D eigenvalue weighted by Crippen LogP contribution is 2.26. The summed E-state index contributed by atoms with van der Waals surface area (Å²) < 4.78 is 44.4. The van der Waals surface area contributed by atoms with Crippen LogP contribution in [0.2, 0.25) is 0 Å². The van der Waals surface area contributed by atoms with Gasteiger partial charge in [0.2, 0.25) is 0 Å². The Bertz CT molecular complexity index is 623. The van der Waals surface area contributed by atoms with E-state index in [2.05, 4.69) is 13.5 Å². The lowest BCUT2D eigenvalue weighted by Gasteiger charge is -2.33. The van der Waals surface area contributed by atoms with E-state index in [1.807, 2.05) is 0 Å². The summed E-state index contributed by atoms with van der Waals surface area (Å²) in [6.45, 7) is 6.83. The van der Waals surface area contributed by atoms with Gasteiger partial charge in [0.25, 0.3) is 0 Å². The van der Waals surface area contributed by atoms with E-state index in [1.54, 1.807) is 7.11 Å². The average molecular weight is 398 g/mol. The Morgan fingerprint density at radius 1 is 1.36 bits per heavy atom. The van der Waals surface area contributed by atoms with Gasteiger partial charge in [0.15, 0.2) is 0 Å². The second kappa shape index (κ2) is 11.6. The Labute approximate surface area is 166 Å². The Morgan fingerprint density at radius 2 is 2.14 bits per heavy atom. The number of rotatable bonds is 11. The van der Waals surface area contributed by atoms with Gasteiger partial charge in [-0.1, -0.05) is 32.4 Å². The predicted molar refractivity (Wildman–Crippen MR) is 104 cm³/mol. The average Bonchev–Trinajstić information content (AvgIpc) is 2.68. The van der Waals surface area contributed by atoms with E-state index in [4.69, 9.17) is 14.2 Å². The Balaban J connectivity index is 2.02. The van der Waals surface area contributed by atoms with E-state index in [9.17, 15) is 13.9 Å². The fraction of sp³-hybridized carbons (Fsp3) is 0.636. The molecule has 0 bridgehead atoms. The molecule has 0 aromatic heterocycles. The SMILES string of the molecule is C=C(C[C@@H](OC)[C@@H](CCCC)OCc1ccc(F)cc1F)[C@@H]1OCCC[C@H]1O. The third-order valence-electron chi connectivity index (χ3n) is 5.18. The van der Waals surface area contributed by atoms with Crippen LogP contribution in [0.3, 0.4) is 0 Å². The van der Waals surface area contributed by atoms with Gasteiger partial charge in [-0.3, -0.25) is 0 Å². The molecule has 1 heterocycles. The third kappa shape index (κ3) is 6.62. The fourth-order valence-electron chi connectivity index (χ4n) is 3.51. The molecule has 0 unspecified atom stereocenters. The van der Waals surface area contributed by atoms with Gasteiger partial charge in [-0.2, -0.15) is 0 Å². The van der Waals surface area contributed by atoms with Crippen molar-refractivity contribution in [3.05, 3.63) is 47.5 Å². The second-order valence-electron chi connectivity index (χ2n) is 7.36. The predicted octanol–water partition coefficient (Wildman–Crippen LogP) is 4.54. The van der Waals surface area contributed by atoms with Crippen LogP contribution in [0.25, 0.3) is 0 Å². The molecule has 1 aliphatic rings. The summed E-state index contributed by atoms with van der Waals surface area (Å²) in [6, 6.07) is 3.48. The summed E-state index contributed by atoms with van der Waals surface area (Å²) in [5.41, 5.74) is 1.08. The van der Waals surface area contributed by atoms with E-state index < -0.39 is 23.8 Å². The van der Waals surface area contributed by atoms with Crippen LogP contribution in [0.1, 0.15) is 51.0 Å². The van der Waals surface area contributed by atoms with E-state index in [0.717, 1.165) is 37.3 Å². The van der Waals surface area contributed by atoms with Crippen LogP contribution >= 0.6 is 0 Å². The molecule has 28 heavy (non-hydrogen) atoms. The lowest BCUT2D eigenvalue weighted by atomic mass is 9.93. The maximum atomic E-state index is 13.9. The topological polar surface area (TPSA) is 47.9 Å². The summed E-state index contributed by atoms with van der Waals surface area (Å²) in [6.07, 6.45) is 3.18. The number of halogens is 2. The molecule has 0 radical (unpaired) electrons. The molecule has 0 amide bonds. The molecule has 158 valence electrons. The second-order valence-corrected chi connectivity index (χ2v) is 7.36. The molecule has 1 aliphatic heterocycles. The van der Waals surface area contributed by atoms with Crippen LogP contribution in [0.15, 0.2) is 30.4 Å². The summed E-state index contributed by atoms with van der Waals surface area (Å²) in [5.74, 6) is -1.23. The minimum Gasteiger partial charge on any atom is -0.390 e. The zero-order valence-corrected chi connectivity index (χ0v) is 16.8. The lowest BCUT2D eigenvalue weighted by molar-refractivity contribution is -0.0803. The summed E-state index contributed by atoms with van der Waals surface area (Å²) >= 11 is 0. The van der Waals surface area contributed by atoms with Crippen LogP contribution in [-0.2, 0) is 20.8 Å². The van der Waals surface area contributed by atoms with Gasteiger partial charge in [-0.15, -0.1) is 0 Å². The molecular weight excluding hydrogens is 366 g/mol. The molecule has 2 rings (SSSR count). The minimum atomic E-state index is -0.619. The van der Waals surface area contributed by atoms with Crippen LogP contribution < -0.4 is 0 Å². The highest BCUT2D eigenvalue weighted by atomic mass is 19.1. The van der Waals surface area contributed by atoms with Crippen molar-refractivity contribution in [2.75, 3.05) is 13.7 Å². The first-order chi connectivity index (χ1) is 13.5. The molecular formula is C22H32F2O4. The van der Waals surface area contributed by atoms with Gasteiger partial charge in [-0.25, -0.2) is 8.78 Å². The Hall–Kier alpha value is -1.34. The number of unbranched alkanes of at least 4 members (excludes halogenated alkanes) is 1. The minimum absolute atomic E-state index is 0.0371. The molecule has 1 aromatic rings. The third-order valence-corrected chi connectivity index (χ3v) is 5.18. The quantitative estimate of drug-likeness (QED) is 0.556. The number of ether oxygens (including phenoxy) is 3. The molecule has 1 fully saturated rings. The molecule has 0 saturated carbocycles. The standard InChI is InChI=1S/C22H32F2O4/c1-4-5-8-20(28-14-16-9-10-17(23)13-18(16)24)21(26-3)12-15(2)22-19(25)7-6-11-27-22/h9-10,13,19-22,25H,2,4-8,11-12,14H2,1,3H3/t19-,20-,21-,22+/m1/s1. The van der Waals surface area contributed by atoms with Crippen LogP contribution in [-0.4, -0.2) is 43.2 Å². The zero-order chi connectivity index (χ0) is 20.5. The van der Waals surface area contributed by atoms with Gasteiger partial charge in [-0.05, 0) is 37.3 Å². The van der Waals surface area contributed by atoms with E-state index >= 15 is 0 Å². The molecule has 6 heteroatoms. The van der Waals surface area contributed by atoms with Crippen molar-refractivity contribution in [1.82, 2.24) is 0 Å². The highest BCUT2D eigenvalue weighted by Gasteiger charge is 2.30. The molecule has 1 aromatic carbocycles. The first-order valence-electron chi connectivity index (χ1n) is 10.0. The lowest BCUT2D eigenvalue weighted by Crippen LogP contribution is -2.38. The van der Waals surface area contributed by atoms with Gasteiger partial charge in [0, 0.05) is 25.3 Å². The number of hydrogen-bond acceptors (Lipinski definition) is 4. The number of methoxy groups -OCH3 is 1. The van der Waals surface area contributed by atoms with Gasteiger partial charge in [0.1, 0.15) is 17.7 Å². The Kier molecular flexibility index (Phi) is 9.51. The summed E-state index contributed by atoms with van der Waals surface area (Å²) in [7, 11) is 1.61. The highest BCUT2D eigenvalue weighted by molar-refractivity contribution is 5.17. The van der Waals surface area contributed by atoms with Crippen molar-refractivity contribution >= 4 is 0 Å². The molecule has 1 N–H and O–H groups in total. The smallest absolute Gasteiger partial charge is 0.131 e. The van der Waals surface area contributed by atoms with Crippen molar-refractivity contribution in [2.45, 2.75) is 76.5 Å². The molecule has 0 spiro atoms. The number of aliphatic hydroxyl groups excluding tert-OH is 1. The van der Waals surface area contributed by atoms with Crippen LogP contribution in [0.4, 0.5) is 8.78 Å². The number of hydrogen-bond donors (Lipinski definition) is 1. The van der Waals surface area contributed by atoms with Crippen molar-refractivity contribution < 1.29 is 28.1 Å². The van der Waals surface area contributed by atoms with Crippen molar-refractivity contribution in [2.24, 2.45) is 0 Å². The molecule has 4 nitrogen and oxygen atoms in total. The van der Waals surface area contributed by atoms with Crippen molar-refractivity contribution in [3.8, 4) is 0 Å². The monoisotopic (exact) mass is 398 g/mol. The van der Waals surface area contributed by atoms with Crippen molar-refractivity contribution in [3.63, 3.8) is 0 Å². The van der Waals surface area contributed by atoms with E-state index in [0.29, 0.717) is 25.0 Å². The maximum Gasteiger partial charge on any atom is 0.131 e. The van der Waals surface area contributed by atoms with Crippen molar-refractivity contribution in [1.29, 1.82) is 0 Å². The molecule has 1 saturated heterocycles. The largest absolute Gasteiger partial charge is 0.390 e. The first kappa shape index (κ1) is 22.9. The maximum absolute atomic E-state index is 13.9. The van der Waals surface area contributed by atoms with Gasteiger partial charge in [0.05, 0.1) is 24.9 Å². The Morgan fingerprint density at radius 3 is 2.79 bits per heavy atom. The van der Waals surface area contributed by atoms with Gasteiger partial charge < -0.3 is 19.3 Å². The molecule has 0 aliphatic carbocycles.